The van der Waals surface area contributed by atoms with E-state index in [0.717, 1.165) is 12.1 Å². The first-order valence-electron chi connectivity index (χ1n) is 11.8. The standard InChI is InChI=1S/C26H28Cl2N4O4/c1-26(2,3)35-25(34)32-13-5-8-21(32)22(33)10-12-29-16-9-11-30-19(14-16)23-15-20(31-36-23)24-17(27)6-4-7-18(24)28/h4,6-7,9,11,14-15,21H,5,8,10,12-13H2,1-3H3,(H,29,30). The van der Waals surface area contributed by atoms with Crippen molar-refractivity contribution in [3.8, 4) is 22.7 Å². The van der Waals surface area contributed by atoms with Crippen molar-refractivity contribution in [2.75, 3.05) is 18.4 Å². The topological polar surface area (TPSA) is 97.6 Å². The van der Waals surface area contributed by atoms with Gasteiger partial charge in [-0.3, -0.25) is 14.7 Å². The molecule has 1 aliphatic rings. The maximum absolute atomic E-state index is 12.9. The molecule has 1 unspecified atom stereocenters. The molecule has 4 rings (SSSR count). The summed E-state index contributed by atoms with van der Waals surface area (Å²) in [6.45, 7) is 6.39. The lowest BCUT2D eigenvalue weighted by Crippen LogP contribution is -2.43. The largest absolute Gasteiger partial charge is 0.444 e. The minimum atomic E-state index is -0.599. The van der Waals surface area contributed by atoms with Gasteiger partial charge in [0, 0.05) is 43.0 Å². The van der Waals surface area contributed by atoms with Crippen molar-refractivity contribution in [3.63, 3.8) is 0 Å². The van der Waals surface area contributed by atoms with Gasteiger partial charge < -0.3 is 14.6 Å². The van der Waals surface area contributed by atoms with Gasteiger partial charge in [0.15, 0.2) is 11.5 Å². The molecule has 1 aromatic carbocycles. The van der Waals surface area contributed by atoms with E-state index >= 15 is 0 Å². The molecule has 3 aromatic rings. The monoisotopic (exact) mass is 530 g/mol. The van der Waals surface area contributed by atoms with E-state index in [1.165, 1.54) is 0 Å². The Kier molecular flexibility index (Phi) is 7.85. The molecule has 36 heavy (non-hydrogen) atoms. The number of amides is 1. The van der Waals surface area contributed by atoms with Gasteiger partial charge in [-0.2, -0.15) is 0 Å². The summed E-state index contributed by atoms with van der Waals surface area (Å²) in [4.78, 5) is 31.2. The first kappa shape index (κ1) is 26.0. The van der Waals surface area contributed by atoms with Crippen LogP contribution >= 0.6 is 23.2 Å². The molecule has 0 bridgehead atoms. The average molecular weight is 531 g/mol. The summed E-state index contributed by atoms with van der Waals surface area (Å²) >= 11 is 12.6. The van der Waals surface area contributed by atoms with E-state index in [2.05, 4.69) is 15.5 Å². The number of nitrogens with zero attached hydrogens (tertiary/aromatic N) is 3. The molecule has 1 aliphatic heterocycles. The summed E-state index contributed by atoms with van der Waals surface area (Å²) in [6, 6.07) is 10.1. The number of likely N-dealkylation sites (tertiary alicyclic amines) is 1. The third kappa shape index (κ3) is 6.17. The fourth-order valence-corrected chi connectivity index (χ4v) is 4.66. The molecule has 0 radical (unpaired) electrons. The number of carbonyl (C=O) groups excluding carboxylic acids is 2. The lowest BCUT2D eigenvalue weighted by molar-refractivity contribution is -0.123. The first-order valence-corrected chi connectivity index (χ1v) is 12.5. The van der Waals surface area contributed by atoms with Gasteiger partial charge in [-0.15, -0.1) is 0 Å². The Morgan fingerprint density at radius 3 is 2.64 bits per heavy atom. The maximum Gasteiger partial charge on any atom is 0.410 e. The number of carbonyl (C=O) groups is 2. The minimum absolute atomic E-state index is 0.0108. The summed E-state index contributed by atoms with van der Waals surface area (Å²) in [5, 5.41) is 8.29. The Labute approximate surface area is 219 Å². The van der Waals surface area contributed by atoms with Gasteiger partial charge in [-0.05, 0) is 57.9 Å². The Hall–Kier alpha value is -3.10. The molecule has 1 fully saturated rings. The highest BCUT2D eigenvalue weighted by Crippen LogP contribution is 2.35. The molecule has 1 saturated heterocycles. The Bertz CT molecular complexity index is 1230. The highest BCUT2D eigenvalue weighted by molar-refractivity contribution is 6.39. The number of nitrogens with one attached hydrogen (secondary N) is 1. The average Bonchev–Trinajstić information content (AvgIpc) is 3.48. The maximum atomic E-state index is 12.9. The first-order chi connectivity index (χ1) is 17.1. The van der Waals surface area contributed by atoms with Gasteiger partial charge in [-0.1, -0.05) is 34.4 Å². The summed E-state index contributed by atoms with van der Waals surface area (Å²) in [5.41, 5.74) is 1.85. The molecule has 2 aromatic heterocycles. The predicted molar refractivity (Wildman–Crippen MR) is 139 cm³/mol. The molecule has 1 N–H and O–H groups in total. The van der Waals surface area contributed by atoms with Crippen LogP contribution in [0.5, 0.6) is 0 Å². The summed E-state index contributed by atoms with van der Waals surface area (Å²) < 4.78 is 10.9. The molecular formula is C26H28Cl2N4O4. The van der Waals surface area contributed by atoms with E-state index in [-0.39, 0.29) is 12.2 Å². The number of hydrogen-bond acceptors (Lipinski definition) is 7. The van der Waals surface area contributed by atoms with E-state index in [1.807, 2.05) is 26.8 Å². The predicted octanol–water partition coefficient (Wildman–Crippen LogP) is 6.48. The zero-order valence-electron chi connectivity index (χ0n) is 20.4. The minimum Gasteiger partial charge on any atom is -0.444 e. The molecule has 1 atom stereocenters. The molecule has 1 amide bonds. The number of Topliss-reactive ketones (excluding diaryl/α,β-unsaturated/α-hetero) is 1. The summed E-state index contributed by atoms with van der Waals surface area (Å²) in [5.74, 6) is 0.469. The molecule has 0 spiro atoms. The zero-order valence-corrected chi connectivity index (χ0v) is 21.9. The van der Waals surface area contributed by atoms with Crippen LogP contribution in [0.15, 0.2) is 47.1 Å². The van der Waals surface area contributed by atoms with Crippen molar-refractivity contribution in [2.45, 2.75) is 51.7 Å². The third-order valence-electron chi connectivity index (χ3n) is 5.69. The van der Waals surface area contributed by atoms with Gasteiger partial charge in [0.05, 0.1) is 16.1 Å². The van der Waals surface area contributed by atoms with Crippen LogP contribution in [-0.2, 0) is 9.53 Å². The molecule has 10 heteroatoms. The van der Waals surface area contributed by atoms with Gasteiger partial charge in [0.25, 0.3) is 0 Å². The highest BCUT2D eigenvalue weighted by atomic mass is 35.5. The fraction of sp³-hybridized carbons (Fsp3) is 0.385. The van der Waals surface area contributed by atoms with Crippen LogP contribution in [0.4, 0.5) is 10.5 Å². The fourth-order valence-electron chi connectivity index (χ4n) is 4.07. The van der Waals surface area contributed by atoms with Gasteiger partial charge in [0.2, 0.25) is 0 Å². The smallest absolute Gasteiger partial charge is 0.410 e. The molecule has 190 valence electrons. The van der Waals surface area contributed by atoms with Gasteiger partial charge >= 0.3 is 6.09 Å². The quantitative estimate of drug-likeness (QED) is 0.373. The second-order valence-electron chi connectivity index (χ2n) is 9.58. The Balaban J connectivity index is 1.37. The molecule has 8 nitrogen and oxygen atoms in total. The van der Waals surface area contributed by atoms with Crippen LogP contribution in [0.1, 0.15) is 40.0 Å². The van der Waals surface area contributed by atoms with Crippen LogP contribution in [0, 0.1) is 0 Å². The van der Waals surface area contributed by atoms with E-state index in [9.17, 15) is 9.59 Å². The van der Waals surface area contributed by atoms with Crippen molar-refractivity contribution in [2.24, 2.45) is 0 Å². The Morgan fingerprint density at radius 2 is 1.92 bits per heavy atom. The molecule has 0 aliphatic carbocycles. The lowest BCUT2D eigenvalue weighted by Gasteiger charge is -2.28. The van der Waals surface area contributed by atoms with Crippen LogP contribution in [0.3, 0.4) is 0 Å². The van der Waals surface area contributed by atoms with Crippen LogP contribution in [-0.4, -0.2) is 51.6 Å². The number of ketones is 1. The number of halogens is 2. The second kappa shape index (κ2) is 10.9. The lowest BCUT2D eigenvalue weighted by atomic mass is 10.1. The van der Waals surface area contributed by atoms with E-state index < -0.39 is 17.7 Å². The second-order valence-corrected chi connectivity index (χ2v) is 10.4. The number of aromatic nitrogens is 2. The van der Waals surface area contributed by atoms with E-state index in [4.69, 9.17) is 32.5 Å². The van der Waals surface area contributed by atoms with E-state index in [0.29, 0.717) is 52.3 Å². The Morgan fingerprint density at radius 1 is 1.17 bits per heavy atom. The van der Waals surface area contributed by atoms with Gasteiger partial charge in [0.1, 0.15) is 17.0 Å². The number of ether oxygens (including phenoxy) is 1. The number of benzene rings is 1. The van der Waals surface area contributed by atoms with Crippen molar-refractivity contribution in [1.29, 1.82) is 0 Å². The number of pyridine rings is 1. The number of anilines is 1. The molecule has 3 heterocycles. The summed E-state index contributed by atoms with van der Waals surface area (Å²) in [7, 11) is 0. The molecular weight excluding hydrogens is 503 g/mol. The summed E-state index contributed by atoms with van der Waals surface area (Å²) in [6.07, 6.45) is 2.93. The van der Waals surface area contributed by atoms with Crippen LogP contribution in [0.25, 0.3) is 22.7 Å². The highest BCUT2D eigenvalue weighted by Gasteiger charge is 2.36. The van der Waals surface area contributed by atoms with Crippen LogP contribution < -0.4 is 5.32 Å². The number of rotatable bonds is 7. The van der Waals surface area contributed by atoms with Crippen molar-refractivity contribution < 1.29 is 18.8 Å². The SMILES string of the molecule is CC(C)(C)OC(=O)N1CCCC1C(=O)CCNc1ccnc(-c2cc(-c3c(Cl)cccc3Cl)no2)c1. The van der Waals surface area contributed by atoms with Crippen molar-refractivity contribution in [3.05, 3.63) is 52.6 Å². The van der Waals surface area contributed by atoms with Crippen molar-refractivity contribution in [1.82, 2.24) is 15.0 Å². The van der Waals surface area contributed by atoms with Gasteiger partial charge in [-0.25, -0.2) is 4.79 Å². The zero-order chi connectivity index (χ0) is 25.9. The normalized spacial score (nSPS) is 15.7. The van der Waals surface area contributed by atoms with E-state index in [1.54, 1.807) is 41.4 Å². The molecule has 0 saturated carbocycles. The number of hydrogen-bond donors (Lipinski definition) is 1. The third-order valence-corrected chi connectivity index (χ3v) is 6.32. The van der Waals surface area contributed by atoms with Crippen LogP contribution in [0.2, 0.25) is 10.0 Å². The van der Waals surface area contributed by atoms with Crippen molar-refractivity contribution >= 4 is 40.8 Å².